The van der Waals surface area contributed by atoms with E-state index < -0.39 is 0 Å². The minimum atomic E-state index is -0.119. The molecule has 0 saturated carbocycles. The summed E-state index contributed by atoms with van der Waals surface area (Å²) in [5.74, 6) is 1.19. The van der Waals surface area contributed by atoms with Gasteiger partial charge in [-0.1, -0.05) is 0 Å². The van der Waals surface area contributed by atoms with Crippen molar-refractivity contribution < 1.29 is 9.21 Å². The number of rotatable bonds is 5. The molecule has 3 aromatic heterocycles. The zero-order valence-corrected chi connectivity index (χ0v) is 17.0. The lowest BCUT2D eigenvalue weighted by atomic mass is 10.1. The van der Waals surface area contributed by atoms with E-state index in [0.29, 0.717) is 17.9 Å². The average molecular weight is 391 g/mol. The molecule has 1 amide bonds. The topological polar surface area (TPSA) is 79.1 Å². The van der Waals surface area contributed by atoms with Gasteiger partial charge in [0.25, 0.3) is 0 Å². The molecule has 29 heavy (non-hydrogen) atoms. The van der Waals surface area contributed by atoms with E-state index in [9.17, 15) is 10.1 Å². The van der Waals surface area contributed by atoms with E-state index in [1.807, 2.05) is 36.6 Å². The van der Waals surface area contributed by atoms with E-state index in [1.165, 1.54) is 5.69 Å². The normalized spacial score (nSPS) is 16.4. The van der Waals surface area contributed by atoms with Gasteiger partial charge in [-0.05, 0) is 50.6 Å². The molecule has 1 aliphatic rings. The van der Waals surface area contributed by atoms with Crippen LogP contribution in [0.5, 0.6) is 0 Å². The molecule has 0 bridgehead atoms. The quantitative estimate of drug-likeness (QED) is 0.723. The van der Waals surface area contributed by atoms with E-state index >= 15 is 0 Å². The van der Waals surface area contributed by atoms with Gasteiger partial charge in [0.1, 0.15) is 17.6 Å². The minimum absolute atomic E-state index is 0.119. The predicted molar refractivity (Wildman–Crippen MR) is 109 cm³/mol. The molecular formula is C22H25N5O2. The Balaban J connectivity index is 1.55. The van der Waals surface area contributed by atoms with Crippen LogP contribution in [-0.4, -0.2) is 33.0 Å². The van der Waals surface area contributed by atoms with Crippen LogP contribution in [0.4, 0.5) is 5.82 Å². The van der Waals surface area contributed by atoms with Crippen LogP contribution in [0.1, 0.15) is 41.2 Å². The van der Waals surface area contributed by atoms with Crippen molar-refractivity contribution in [2.75, 3.05) is 18.4 Å². The Kier molecular flexibility index (Phi) is 5.03. The highest BCUT2D eigenvalue weighted by Crippen LogP contribution is 2.28. The first-order valence-corrected chi connectivity index (χ1v) is 9.80. The standard InChI is InChI=1S/C22H25N5O2/c1-15-16(2)27(13-18-6-5-11-29-18)22(19(15)12-23)24-21(28)14-26-10-9-25-8-4-7-20(25)17(26)3/h4-8,11,17H,9-10,13-14H2,1-3H3,(H,24,28)/t17-/m0/s1. The van der Waals surface area contributed by atoms with Crippen molar-refractivity contribution in [3.8, 4) is 6.07 Å². The van der Waals surface area contributed by atoms with Crippen LogP contribution < -0.4 is 5.32 Å². The van der Waals surface area contributed by atoms with Crippen LogP contribution in [0.2, 0.25) is 0 Å². The highest BCUT2D eigenvalue weighted by atomic mass is 16.3. The summed E-state index contributed by atoms with van der Waals surface area (Å²) in [4.78, 5) is 15.1. The zero-order valence-electron chi connectivity index (χ0n) is 17.0. The average Bonchev–Trinajstić information content (AvgIpc) is 3.42. The third-order valence-corrected chi connectivity index (χ3v) is 5.91. The fraction of sp³-hybridized carbons (Fsp3) is 0.364. The maximum atomic E-state index is 12.9. The van der Waals surface area contributed by atoms with Gasteiger partial charge < -0.3 is 18.9 Å². The number of furan rings is 1. The molecule has 0 unspecified atom stereocenters. The zero-order chi connectivity index (χ0) is 20.5. The lowest BCUT2D eigenvalue weighted by molar-refractivity contribution is -0.118. The summed E-state index contributed by atoms with van der Waals surface area (Å²) in [5, 5.41) is 12.7. The molecule has 0 spiro atoms. The molecule has 4 heterocycles. The number of anilines is 1. The number of hydrogen-bond donors (Lipinski definition) is 1. The highest BCUT2D eigenvalue weighted by molar-refractivity contribution is 5.93. The van der Waals surface area contributed by atoms with E-state index in [4.69, 9.17) is 4.42 Å². The van der Waals surface area contributed by atoms with Gasteiger partial charge in [-0.25, -0.2) is 0 Å². The summed E-state index contributed by atoms with van der Waals surface area (Å²) in [7, 11) is 0. The number of nitrogens with zero attached hydrogens (tertiary/aromatic N) is 4. The Labute approximate surface area is 170 Å². The Morgan fingerprint density at radius 1 is 1.31 bits per heavy atom. The molecule has 7 nitrogen and oxygen atoms in total. The Morgan fingerprint density at radius 3 is 2.86 bits per heavy atom. The molecular weight excluding hydrogens is 366 g/mol. The van der Waals surface area contributed by atoms with Crippen LogP contribution in [-0.2, 0) is 17.9 Å². The summed E-state index contributed by atoms with van der Waals surface area (Å²) in [6, 6.07) is 10.3. The summed E-state index contributed by atoms with van der Waals surface area (Å²) >= 11 is 0. The molecule has 0 saturated heterocycles. The second kappa shape index (κ2) is 7.64. The third-order valence-electron chi connectivity index (χ3n) is 5.91. The molecule has 1 N–H and O–H groups in total. The van der Waals surface area contributed by atoms with Crippen molar-refractivity contribution in [1.29, 1.82) is 5.26 Å². The van der Waals surface area contributed by atoms with E-state index in [0.717, 1.165) is 30.1 Å². The van der Waals surface area contributed by atoms with Crippen LogP contribution in [0, 0.1) is 25.2 Å². The molecule has 4 rings (SSSR count). The first-order chi connectivity index (χ1) is 14.0. The molecule has 7 heteroatoms. The maximum Gasteiger partial charge on any atom is 0.239 e. The second-order valence-corrected chi connectivity index (χ2v) is 7.53. The van der Waals surface area contributed by atoms with Gasteiger partial charge in [0.2, 0.25) is 5.91 Å². The molecule has 0 fully saturated rings. The summed E-state index contributed by atoms with van der Waals surface area (Å²) in [5.41, 5.74) is 3.54. The lowest BCUT2D eigenvalue weighted by Gasteiger charge is -2.34. The van der Waals surface area contributed by atoms with Crippen LogP contribution in [0.15, 0.2) is 41.1 Å². The van der Waals surface area contributed by atoms with Gasteiger partial charge >= 0.3 is 0 Å². The molecule has 0 radical (unpaired) electrons. The highest BCUT2D eigenvalue weighted by Gasteiger charge is 2.26. The van der Waals surface area contributed by atoms with Gasteiger partial charge in [0, 0.05) is 36.7 Å². The van der Waals surface area contributed by atoms with Gasteiger partial charge in [-0.3, -0.25) is 9.69 Å². The van der Waals surface area contributed by atoms with Crippen molar-refractivity contribution in [3.05, 3.63) is 65.0 Å². The van der Waals surface area contributed by atoms with Crippen LogP contribution >= 0.6 is 0 Å². The number of carbonyl (C=O) groups is 1. The summed E-state index contributed by atoms with van der Waals surface area (Å²) < 4.78 is 9.64. The fourth-order valence-corrected chi connectivity index (χ4v) is 4.09. The Morgan fingerprint density at radius 2 is 2.14 bits per heavy atom. The molecule has 1 aliphatic heterocycles. The maximum absolute atomic E-state index is 12.9. The first-order valence-electron chi connectivity index (χ1n) is 9.80. The van der Waals surface area contributed by atoms with Crippen LogP contribution in [0.25, 0.3) is 0 Å². The SMILES string of the molecule is Cc1c(C#N)c(NC(=O)CN2CCn3cccc3[C@@H]2C)n(Cc2ccco2)c1C. The van der Waals surface area contributed by atoms with E-state index in [1.54, 1.807) is 6.26 Å². The third kappa shape index (κ3) is 3.47. The van der Waals surface area contributed by atoms with Crippen molar-refractivity contribution in [2.45, 2.75) is 39.9 Å². The van der Waals surface area contributed by atoms with Gasteiger partial charge in [0.05, 0.1) is 24.9 Å². The molecule has 0 aromatic carbocycles. The van der Waals surface area contributed by atoms with Crippen molar-refractivity contribution >= 4 is 11.7 Å². The van der Waals surface area contributed by atoms with Gasteiger partial charge in [-0.2, -0.15) is 5.26 Å². The molecule has 3 aromatic rings. The van der Waals surface area contributed by atoms with Crippen molar-refractivity contribution in [2.24, 2.45) is 0 Å². The monoisotopic (exact) mass is 391 g/mol. The smallest absolute Gasteiger partial charge is 0.239 e. The van der Waals surface area contributed by atoms with Crippen molar-refractivity contribution in [1.82, 2.24) is 14.0 Å². The molecule has 150 valence electrons. The van der Waals surface area contributed by atoms with Gasteiger partial charge in [-0.15, -0.1) is 0 Å². The van der Waals surface area contributed by atoms with Gasteiger partial charge in [0.15, 0.2) is 0 Å². The lowest BCUT2D eigenvalue weighted by Crippen LogP contribution is -2.41. The summed E-state index contributed by atoms with van der Waals surface area (Å²) in [6.45, 7) is 8.40. The Hall–Kier alpha value is -3.24. The number of carbonyl (C=O) groups excluding carboxylic acids is 1. The van der Waals surface area contributed by atoms with E-state index in [-0.39, 0.29) is 18.5 Å². The minimum Gasteiger partial charge on any atom is -0.467 e. The Bertz CT molecular complexity index is 1070. The molecule has 1 atom stereocenters. The number of nitrogens with one attached hydrogen (secondary N) is 1. The number of hydrogen-bond acceptors (Lipinski definition) is 4. The summed E-state index contributed by atoms with van der Waals surface area (Å²) in [6.07, 6.45) is 3.70. The number of nitriles is 1. The van der Waals surface area contributed by atoms with Crippen LogP contribution in [0.3, 0.4) is 0 Å². The largest absolute Gasteiger partial charge is 0.467 e. The second-order valence-electron chi connectivity index (χ2n) is 7.53. The number of aromatic nitrogens is 2. The number of fused-ring (bicyclic) bond motifs is 1. The predicted octanol–water partition coefficient (Wildman–Crippen LogP) is 3.43. The number of amides is 1. The molecule has 0 aliphatic carbocycles. The fourth-order valence-electron chi connectivity index (χ4n) is 4.09. The first kappa shape index (κ1) is 19.1. The van der Waals surface area contributed by atoms with Crippen molar-refractivity contribution in [3.63, 3.8) is 0 Å². The van der Waals surface area contributed by atoms with E-state index in [2.05, 4.69) is 40.0 Å².